The SMILES string of the molecule is CN(C)S(=O)(=O)c1cccc(CN2CCCC3CCCCC32)c1. The Hall–Kier alpha value is -0.910. The van der Waals surface area contributed by atoms with Gasteiger partial charge >= 0.3 is 0 Å². The lowest BCUT2D eigenvalue weighted by Crippen LogP contribution is -2.46. The summed E-state index contributed by atoms with van der Waals surface area (Å²) in [5, 5.41) is 0. The Morgan fingerprint density at radius 1 is 1.13 bits per heavy atom. The molecule has 1 aromatic rings. The molecule has 5 heteroatoms. The van der Waals surface area contributed by atoms with E-state index in [4.69, 9.17) is 0 Å². The monoisotopic (exact) mass is 336 g/mol. The number of sulfonamides is 1. The number of benzene rings is 1. The molecule has 0 N–H and O–H groups in total. The largest absolute Gasteiger partial charge is 0.296 e. The molecule has 0 spiro atoms. The first-order valence-corrected chi connectivity index (χ1v) is 10.2. The second-order valence-electron chi connectivity index (χ2n) is 7.16. The molecule has 2 fully saturated rings. The summed E-state index contributed by atoms with van der Waals surface area (Å²) in [4.78, 5) is 2.99. The average Bonchev–Trinajstić information content (AvgIpc) is 2.55. The molecule has 128 valence electrons. The Morgan fingerprint density at radius 3 is 2.65 bits per heavy atom. The molecular weight excluding hydrogens is 308 g/mol. The van der Waals surface area contributed by atoms with Crippen molar-refractivity contribution in [1.29, 1.82) is 0 Å². The maximum absolute atomic E-state index is 12.3. The van der Waals surface area contributed by atoms with Gasteiger partial charge in [-0.2, -0.15) is 0 Å². The first kappa shape index (κ1) is 16.9. The van der Waals surface area contributed by atoms with Gasteiger partial charge in [-0.15, -0.1) is 0 Å². The van der Waals surface area contributed by atoms with Gasteiger partial charge in [0.25, 0.3) is 0 Å². The van der Waals surface area contributed by atoms with Gasteiger partial charge in [-0.05, 0) is 55.8 Å². The van der Waals surface area contributed by atoms with Crippen molar-refractivity contribution < 1.29 is 8.42 Å². The maximum atomic E-state index is 12.3. The molecule has 1 aromatic carbocycles. The van der Waals surface area contributed by atoms with Crippen molar-refractivity contribution in [2.45, 2.75) is 56.0 Å². The van der Waals surface area contributed by atoms with E-state index in [1.165, 1.54) is 42.8 Å². The van der Waals surface area contributed by atoms with E-state index < -0.39 is 10.0 Å². The highest BCUT2D eigenvalue weighted by molar-refractivity contribution is 7.89. The molecule has 1 aliphatic carbocycles. The Labute approximate surface area is 140 Å². The summed E-state index contributed by atoms with van der Waals surface area (Å²) in [6.07, 6.45) is 8.04. The molecule has 1 heterocycles. The van der Waals surface area contributed by atoms with Gasteiger partial charge in [0.1, 0.15) is 0 Å². The Balaban J connectivity index is 1.77. The van der Waals surface area contributed by atoms with Crippen LogP contribution in [0.3, 0.4) is 0 Å². The topological polar surface area (TPSA) is 40.6 Å². The van der Waals surface area contributed by atoms with Gasteiger partial charge in [-0.3, -0.25) is 4.90 Å². The fraction of sp³-hybridized carbons (Fsp3) is 0.667. The number of fused-ring (bicyclic) bond motifs is 1. The lowest BCUT2D eigenvalue weighted by atomic mass is 9.78. The quantitative estimate of drug-likeness (QED) is 0.848. The fourth-order valence-corrected chi connectivity index (χ4v) is 5.15. The van der Waals surface area contributed by atoms with E-state index in [1.54, 1.807) is 20.2 Å². The highest BCUT2D eigenvalue weighted by Gasteiger charge is 2.33. The van der Waals surface area contributed by atoms with Crippen LogP contribution in [0.5, 0.6) is 0 Å². The summed E-state index contributed by atoms with van der Waals surface area (Å²) in [7, 11) is -0.184. The standard InChI is InChI=1S/C18H28N2O2S/c1-19(2)23(21,22)17-10-5-7-15(13-17)14-20-12-6-9-16-8-3-4-11-18(16)20/h5,7,10,13,16,18H,3-4,6,8-9,11-12,14H2,1-2H3. The van der Waals surface area contributed by atoms with Crippen molar-refractivity contribution in [1.82, 2.24) is 9.21 Å². The highest BCUT2D eigenvalue weighted by Crippen LogP contribution is 2.36. The van der Waals surface area contributed by atoms with Gasteiger partial charge in [0, 0.05) is 26.7 Å². The normalized spacial score (nSPS) is 26.2. The Bertz CT molecular complexity index is 640. The second kappa shape index (κ2) is 6.91. The molecule has 2 unspecified atom stereocenters. The van der Waals surface area contributed by atoms with Crippen LogP contribution in [0.1, 0.15) is 44.1 Å². The van der Waals surface area contributed by atoms with E-state index in [2.05, 4.69) is 11.0 Å². The summed E-state index contributed by atoms with van der Waals surface area (Å²) in [6.45, 7) is 2.02. The van der Waals surface area contributed by atoms with Crippen molar-refractivity contribution in [3.05, 3.63) is 29.8 Å². The molecule has 0 radical (unpaired) electrons. The minimum atomic E-state index is -3.35. The third-order valence-corrected chi connectivity index (χ3v) is 7.23. The Kier molecular flexibility index (Phi) is 5.09. The molecule has 1 aliphatic heterocycles. The predicted molar refractivity (Wildman–Crippen MR) is 92.7 cm³/mol. The minimum absolute atomic E-state index is 0.400. The summed E-state index contributed by atoms with van der Waals surface area (Å²) < 4.78 is 25.9. The number of nitrogens with zero attached hydrogens (tertiary/aromatic N) is 2. The lowest BCUT2D eigenvalue weighted by molar-refractivity contribution is 0.0546. The molecule has 0 bridgehead atoms. The molecular formula is C18H28N2O2S. The van der Waals surface area contributed by atoms with E-state index in [0.29, 0.717) is 10.9 Å². The van der Waals surface area contributed by atoms with Crippen molar-refractivity contribution in [2.24, 2.45) is 5.92 Å². The number of likely N-dealkylation sites (tertiary alicyclic amines) is 1. The van der Waals surface area contributed by atoms with Gasteiger partial charge in [0.2, 0.25) is 10.0 Å². The van der Waals surface area contributed by atoms with E-state index in [9.17, 15) is 8.42 Å². The van der Waals surface area contributed by atoms with Crippen molar-refractivity contribution in [2.75, 3.05) is 20.6 Å². The first-order valence-electron chi connectivity index (χ1n) is 8.74. The summed E-state index contributed by atoms with van der Waals surface area (Å²) in [5.41, 5.74) is 1.11. The molecule has 1 saturated carbocycles. The first-order chi connectivity index (χ1) is 11.0. The maximum Gasteiger partial charge on any atom is 0.242 e. The van der Waals surface area contributed by atoms with Gasteiger partial charge in [0.05, 0.1) is 4.90 Å². The molecule has 2 atom stereocenters. The van der Waals surface area contributed by atoms with Crippen LogP contribution >= 0.6 is 0 Å². The van der Waals surface area contributed by atoms with Crippen molar-refractivity contribution in [3.8, 4) is 0 Å². The molecule has 4 nitrogen and oxygen atoms in total. The number of hydrogen-bond donors (Lipinski definition) is 0. The summed E-state index contributed by atoms with van der Waals surface area (Å²) >= 11 is 0. The number of rotatable bonds is 4. The minimum Gasteiger partial charge on any atom is -0.296 e. The van der Waals surface area contributed by atoms with Crippen LogP contribution in [-0.4, -0.2) is 44.3 Å². The third-order valence-electron chi connectivity index (χ3n) is 5.42. The van der Waals surface area contributed by atoms with Crippen LogP contribution in [0.2, 0.25) is 0 Å². The lowest BCUT2D eigenvalue weighted by Gasteiger charge is -2.44. The van der Waals surface area contributed by atoms with Crippen LogP contribution in [0.15, 0.2) is 29.2 Å². The summed E-state index contributed by atoms with van der Waals surface area (Å²) in [5.74, 6) is 0.853. The fourth-order valence-electron chi connectivity index (χ4n) is 4.17. The molecule has 1 saturated heterocycles. The zero-order valence-corrected chi connectivity index (χ0v) is 15.1. The zero-order chi connectivity index (χ0) is 16.4. The van der Waals surface area contributed by atoms with Crippen LogP contribution < -0.4 is 0 Å². The van der Waals surface area contributed by atoms with Gasteiger partial charge in [0.15, 0.2) is 0 Å². The molecule has 0 amide bonds. The third kappa shape index (κ3) is 3.62. The molecule has 23 heavy (non-hydrogen) atoms. The van der Waals surface area contributed by atoms with E-state index in [1.807, 2.05) is 12.1 Å². The van der Waals surface area contributed by atoms with Gasteiger partial charge in [-0.1, -0.05) is 25.0 Å². The summed E-state index contributed by atoms with van der Waals surface area (Å²) in [6, 6.07) is 8.17. The van der Waals surface area contributed by atoms with Gasteiger partial charge < -0.3 is 0 Å². The average molecular weight is 337 g/mol. The van der Waals surface area contributed by atoms with Crippen LogP contribution in [0, 0.1) is 5.92 Å². The number of piperidine rings is 1. The van der Waals surface area contributed by atoms with Crippen LogP contribution in [0.25, 0.3) is 0 Å². The predicted octanol–water partition coefficient (Wildman–Crippen LogP) is 3.09. The highest BCUT2D eigenvalue weighted by atomic mass is 32.2. The zero-order valence-electron chi connectivity index (χ0n) is 14.2. The van der Waals surface area contributed by atoms with E-state index in [-0.39, 0.29) is 0 Å². The van der Waals surface area contributed by atoms with E-state index >= 15 is 0 Å². The molecule has 2 aliphatic rings. The molecule has 0 aromatic heterocycles. The second-order valence-corrected chi connectivity index (χ2v) is 9.31. The van der Waals surface area contributed by atoms with E-state index in [0.717, 1.165) is 24.6 Å². The smallest absolute Gasteiger partial charge is 0.242 e. The Morgan fingerprint density at radius 2 is 1.87 bits per heavy atom. The van der Waals surface area contributed by atoms with Crippen LogP contribution in [-0.2, 0) is 16.6 Å². The molecule has 3 rings (SSSR count). The number of hydrogen-bond acceptors (Lipinski definition) is 3. The van der Waals surface area contributed by atoms with Crippen molar-refractivity contribution in [3.63, 3.8) is 0 Å². The van der Waals surface area contributed by atoms with Crippen LogP contribution in [0.4, 0.5) is 0 Å². The van der Waals surface area contributed by atoms with Gasteiger partial charge in [-0.25, -0.2) is 12.7 Å². The van der Waals surface area contributed by atoms with Crippen molar-refractivity contribution >= 4 is 10.0 Å².